The van der Waals surface area contributed by atoms with Crippen LogP contribution in [0.25, 0.3) is 11.0 Å². The van der Waals surface area contributed by atoms with E-state index in [1.807, 2.05) is 7.05 Å². The average molecular weight is 402 g/mol. The van der Waals surface area contributed by atoms with Crippen LogP contribution in [0.4, 0.5) is 5.95 Å². The molecule has 0 radical (unpaired) electrons. The molecule has 1 N–H and O–H groups in total. The minimum Gasteiger partial charge on any atom is -0.342 e. The normalized spacial score (nSPS) is 17.0. The van der Waals surface area contributed by atoms with E-state index in [-0.39, 0.29) is 11.0 Å². The Bertz CT molecular complexity index is 870. The van der Waals surface area contributed by atoms with Crippen molar-refractivity contribution in [3.8, 4) is 0 Å². The SMILES string of the molecule is CCCC(C)CN(CC1CCCCC1)c1nc2c(C(C)(C)C)nn(C)c2c(=O)[nH]1. The van der Waals surface area contributed by atoms with Gasteiger partial charge in [-0.15, -0.1) is 0 Å². The molecule has 2 aromatic rings. The van der Waals surface area contributed by atoms with Gasteiger partial charge in [-0.2, -0.15) is 5.10 Å². The lowest BCUT2D eigenvalue weighted by Crippen LogP contribution is -2.36. The number of anilines is 1. The Morgan fingerprint density at radius 2 is 1.93 bits per heavy atom. The minimum atomic E-state index is -0.165. The molecule has 1 atom stereocenters. The zero-order valence-electron chi connectivity index (χ0n) is 19.2. The van der Waals surface area contributed by atoms with Crippen LogP contribution in [0.15, 0.2) is 4.79 Å². The quantitative estimate of drug-likeness (QED) is 0.725. The molecule has 0 saturated heterocycles. The van der Waals surface area contributed by atoms with Gasteiger partial charge >= 0.3 is 0 Å². The summed E-state index contributed by atoms with van der Waals surface area (Å²) in [7, 11) is 1.83. The number of H-pyrrole nitrogens is 1. The number of aromatic nitrogens is 4. The maximum atomic E-state index is 13.0. The molecule has 0 spiro atoms. The van der Waals surface area contributed by atoms with E-state index in [1.165, 1.54) is 44.9 Å². The van der Waals surface area contributed by atoms with E-state index in [4.69, 9.17) is 4.98 Å². The predicted octanol–water partition coefficient (Wildman–Crippen LogP) is 4.78. The number of aromatic amines is 1. The van der Waals surface area contributed by atoms with Gasteiger partial charge in [0, 0.05) is 25.6 Å². The summed E-state index contributed by atoms with van der Waals surface area (Å²) in [6.45, 7) is 12.8. The van der Waals surface area contributed by atoms with Crippen LogP contribution >= 0.6 is 0 Å². The Kier molecular flexibility index (Phi) is 6.69. The molecule has 1 unspecified atom stereocenters. The van der Waals surface area contributed by atoms with E-state index in [2.05, 4.69) is 49.6 Å². The Labute approximate surface area is 175 Å². The summed E-state index contributed by atoms with van der Waals surface area (Å²) in [5.41, 5.74) is 1.95. The first kappa shape index (κ1) is 21.8. The Morgan fingerprint density at radius 3 is 2.55 bits per heavy atom. The fraction of sp³-hybridized carbons (Fsp3) is 0.783. The van der Waals surface area contributed by atoms with Crippen LogP contribution in [0.1, 0.15) is 85.3 Å². The first-order chi connectivity index (χ1) is 13.7. The van der Waals surface area contributed by atoms with E-state index in [9.17, 15) is 4.79 Å². The maximum absolute atomic E-state index is 13.0. The summed E-state index contributed by atoms with van der Waals surface area (Å²) >= 11 is 0. The molecule has 0 bridgehead atoms. The van der Waals surface area contributed by atoms with Crippen molar-refractivity contribution in [3.05, 3.63) is 16.0 Å². The molecule has 1 saturated carbocycles. The van der Waals surface area contributed by atoms with E-state index in [0.717, 1.165) is 30.2 Å². The van der Waals surface area contributed by atoms with Gasteiger partial charge in [0.2, 0.25) is 5.95 Å². The highest BCUT2D eigenvalue weighted by Gasteiger charge is 2.27. The van der Waals surface area contributed by atoms with Crippen LogP contribution in [0.2, 0.25) is 0 Å². The zero-order chi connectivity index (χ0) is 21.2. The van der Waals surface area contributed by atoms with Gasteiger partial charge in [-0.25, -0.2) is 4.98 Å². The number of fused-ring (bicyclic) bond motifs is 1. The highest BCUT2D eigenvalue weighted by Crippen LogP contribution is 2.29. The Balaban J connectivity index is 2.02. The number of aryl methyl sites for hydroxylation is 1. The third kappa shape index (κ3) is 5.01. The molecule has 29 heavy (non-hydrogen) atoms. The van der Waals surface area contributed by atoms with Gasteiger partial charge in [0.1, 0.15) is 5.52 Å². The summed E-state index contributed by atoms with van der Waals surface area (Å²) < 4.78 is 1.68. The summed E-state index contributed by atoms with van der Waals surface area (Å²) in [6.07, 6.45) is 8.93. The monoisotopic (exact) mass is 401 g/mol. The number of nitrogens with one attached hydrogen (secondary N) is 1. The second-order valence-corrected chi connectivity index (χ2v) is 10.1. The van der Waals surface area contributed by atoms with Gasteiger partial charge < -0.3 is 4.90 Å². The maximum Gasteiger partial charge on any atom is 0.278 e. The van der Waals surface area contributed by atoms with Crippen molar-refractivity contribution in [1.82, 2.24) is 19.7 Å². The lowest BCUT2D eigenvalue weighted by Gasteiger charge is -2.32. The summed E-state index contributed by atoms with van der Waals surface area (Å²) in [5, 5.41) is 4.64. The fourth-order valence-corrected chi connectivity index (χ4v) is 4.71. The van der Waals surface area contributed by atoms with Crippen LogP contribution < -0.4 is 10.5 Å². The number of hydrogen-bond donors (Lipinski definition) is 1. The van der Waals surface area contributed by atoms with Crippen molar-refractivity contribution in [3.63, 3.8) is 0 Å². The van der Waals surface area contributed by atoms with Gasteiger partial charge in [-0.05, 0) is 31.1 Å². The van der Waals surface area contributed by atoms with Crippen LogP contribution in [-0.2, 0) is 12.5 Å². The van der Waals surface area contributed by atoms with E-state index >= 15 is 0 Å². The smallest absolute Gasteiger partial charge is 0.278 e. The van der Waals surface area contributed by atoms with E-state index < -0.39 is 0 Å². The minimum absolute atomic E-state index is 0.0905. The van der Waals surface area contributed by atoms with Gasteiger partial charge in [0.25, 0.3) is 5.56 Å². The van der Waals surface area contributed by atoms with Crippen molar-refractivity contribution in [2.75, 3.05) is 18.0 Å². The van der Waals surface area contributed by atoms with Crippen molar-refractivity contribution < 1.29 is 0 Å². The summed E-state index contributed by atoms with van der Waals surface area (Å²) in [4.78, 5) is 23.4. The average Bonchev–Trinajstić information content (AvgIpc) is 3.00. The first-order valence-electron chi connectivity index (χ1n) is 11.4. The largest absolute Gasteiger partial charge is 0.342 e. The lowest BCUT2D eigenvalue weighted by atomic mass is 9.88. The second kappa shape index (κ2) is 8.88. The Hall–Kier alpha value is -1.85. The highest BCUT2D eigenvalue weighted by atomic mass is 16.1. The van der Waals surface area contributed by atoms with Crippen molar-refractivity contribution >= 4 is 17.0 Å². The molecule has 6 heteroatoms. The third-order valence-electron chi connectivity index (χ3n) is 6.21. The van der Waals surface area contributed by atoms with E-state index in [0.29, 0.717) is 17.4 Å². The van der Waals surface area contributed by atoms with Gasteiger partial charge in [0.05, 0.1) is 5.69 Å². The molecule has 2 heterocycles. The molecule has 0 aliphatic heterocycles. The second-order valence-electron chi connectivity index (χ2n) is 10.1. The lowest BCUT2D eigenvalue weighted by molar-refractivity contribution is 0.350. The first-order valence-corrected chi connectivity index (χ1v) is 11.4. The molecule has 2 aromatic heterocycles. The molecule has 3 rings (SSSR count). The Morgan fingerprint density at radius 1 is 1.24 bits per heavy atom. The fourth-order valence-electron chi connectivity index (χ4n) is 4.71. The molecule has 1 aliphatic rings. The van der Waals surface area contributed by atoms with Crippen LogP contribution in [0.3, 0.4) is 0 Å². The molecule has 1 aliphatic carbocycles. The molecule has 0 aromatic carbocycles. The highest BCUT2D eigenvalue weighted by molar-refractivity contribution is 5.78. The standard InChI is InChI=1S/C23H39N5O/c1-7-11-16(2)14-28(15-17-12-9-8-10-13-17)22-24-18-19(21(29)25-22)27(6)26-20(18)23(3,4)5/h16-17H,7-15H2,1-6H3,(H,24,25,29). The van der Waals surface area contributed by atoms with Crippen LogP contribution in [0.5, 0.6) is 0 Å². The van der Waals surface area contributed by atoms with E-state index in [1.54, 1.807) is 4.68 Å². The van der Waals surface area contributed by atoms with Crippen LogP contribution in [-0.4, -0.2) is 32.8 Å². The topological polar surface area (TPSA) is 66.8 Å². The molecular weight excluding hydrogens is 362 g/mol. The number of hydrogen-bond acceptors (Lipinski definition) is 4. The summed E-state index contributed by atoms with van der Waals surface area (Å²) in [5.74, 6) is 1.98. The van der Waals surface area contributed by atoms with Gasteiger partial charge in [-0.1, -0.05) is 60.3 Å². The molecule has 0 amide bonds. The van der Waals surface area contributed by atoms with Crippen molar-refractivity contribution in [2.24, 2.45) is 18.9 Å². The third-order valence-corrected chi connectivity index (χ3v) is 6.21. The molecular formula is C23H39N5O. The number of nitrogens with zero attached hydrogens (tertiary/aromatic N) is 4. The number of rotatable bonds is 7. The molecule has 162 valence electrons. The van der Waals surface area contributed by atoms with Crippen molar-refractivity contribution in [2.45, 2.75) is 85.0 Å². The molecule has 1 fully saturated rings. The van der Waals surface area contributed by atoms with Gasteiger partial charge in [0.15, 0.2) is 5.52 Å². The van der Waals surface area contributed by atoms with Crippen LogP contribution in [0, 0.1) is 11.8 Å². The summed E-state index contributed by atoms with van der Waals surface area (Å²) in [6, 6.07) is 0. The van der Waals surface area contributed by atoms with Gasteiger partial charge in [-0.3, -0.25) is 14.5 Å². The molecule has 6 nitrogen and oxygen atoms in total. The van der Waals surface area contributed by atoms with Crippen molar-refractivity contribution in [1.29, 1.82) is 0 Å². The zero-order valence-corrected chi connectivity index (χ0v) is 19.2. The predicted molar refractivity (Wildman–Crippen MR) is 121 cm³/mol.